The van der Waals surface area contributed by atoms with Crippen LogP contribution in [0, 0.1) is 12.8 Å². The highest BCUT2D eigenvalue weighted by atomic mass is 35.5. The first-order chi connectivity index (χ1) is 11.0. The molecule has 0 atom stereocenters. The van der Waals surface area contributed by atoms with Gasteiger partial charge in [-0.3, -0.25) is 9.69 Å². The number of anilines is 1. The average Bonchev–Trinajstić information content (AvgIpc) is 2.85. The normalized spacial score (nSPS) is 14.5. The van der Waals surface area contributed by atoms with E-state index in [2.05, 4.69) is 4.90 Å². The Morgan fingerprint density at radius 3 is 2.62 bits per heavy atom. The van der Waals surface area contributed by atoms with Crippen LogP contribution in [0.15, 0.2) is 12.1 Å². The van der Waals surface area contributed by atoms with Gasteiger partial charge in [0.05, 0.1) is 10.2 Å². The van der Waals surface area contributed by atoms with Gasteiger partial charge < -0.3 is 4.90 Å². The Morgan fingerprint density at radius 2 is 2.04 bits per heavy atom. The second-order valence-electron chi connectivity index (χ2n) is 6.44. The van der Waals surface area contributed by atoms with Crippen LogP contribution in [0.4, 0.5) is 5.13 Å². The Hall–Kier alpha value is -0.880. The maximum atomic E-state index is 12.8. The summed E-state index contributed by atoms with van der Waals surface area (Å²) in [4.78, 5) is 21.5. The van der Waals surface area contributed by atoms with Crippen LogP contribution in [0.3, 0.4) is 0 Å². The summed E-state index contributed by atoms with van der Waals surface area (Å²) in [5.41, 5.74) is 1.89. The van der Waals surface area contributed by atoms with Crippen LogP contribution < -0.4 is 4.90 Å². The molecular weight excluding hydrogens is 365 g/mol. The van der Waals surface area contributed by atoms with Crippen LogP contribution in [0.25, 0.3) is 10.2 Å². The zero-order chi connectivity index (χ0) is 16.6. The van der Waals surface area contributed by atoms with E-state index in [1.807, 2.05) is 38.1 Å². The molecule has 1 heterocycles. The molecule has 4 nitrogen and oxygen atoms in total. The SMILES string of the molecule is Cc1c(Cl)ccc2sc(N(CCN(C)C)C(=O)C3CCC3)nc12.Cl. The van der Waals surface area contributed by atoms with Gasteiger partial charge in [0.15, 0.2) is 5.13 Å². The van der Waals surface area contributed by atoms with E-state index in [1.54, 1.807) is 11.3 Å². The Morgan fingerprint density at radius 1 is 1.33 bits per heavy atom. The van der Waals surface area contributed by atoms with Gasteiger partial charge in [0.25, 0.3) is 0 Å². The van der Waals surface area contributed by atoms with Crippen molar-refractivity contribution < 1.29 is 4.79 Å². The van der Waals surface area contributed by atoms with Crippen molar-refractivity contribution in [3.8, 4) is 0 Å². The van der Waals surface area contributed by atoms with Gasteiger partial charge in [-0.2, -0.15) is 0 Å². The number of amides is 1. The molecule has 7 heteroatoms. The predicted octanol–water partition coefficient (Wildman–Crippen LogP) is 4.37. The van der Waals surface area contributed by atoms with E-state index >= 15 is 0 Å². The second-order valence-corrected chi connectivity index (χ2v) is 7.85. The zero-order valence-electron chi connectivity index (χ0n) is 14.2. The molecular formula is C17H23Cl2N3OS. The topological polar surface area (TPSA) is 36.4 Å². The Balaban J connectivity index is 0.00000208. The minimum absolute atomic E-state index is 0. The monoisotopic (exact) mass is 387 g/mol. The smallest absolute Gasteiger partial charge is 0.231 e. The fourth-order valence-corrected chi connectivity index (χ4v) is 3.89. The third kappa shape index (κ3) is 3.85. The lowest BCUT2D eigenvalue weighted by molar-refractivity contribution is -0.124. The molecule has 1 aliphatic rings. The van der Waals surface area contributed by atoms with Gasteiger partial charge >= 0.3 is 0 Å². The molecule has 24 heavy (non-hydrogen) atoms. The van der Waals surface area contributed by atoms with E-state index in [0.29, 0.717) is 6.54 Å². The van der Waals surface area contributed by atoms with Gasteiger partial charge in [-0.05, 0) is 51.6 Å². The molecule has 1 aromatic carbocycles. The first kappa shape index (κ1) is 19.4. The van der Waals surface area contributed by atoms with Gasteiger partial charge in [-0.15, -0.1) is 12.4 Å². The van der Waals surface area contributed by atoms with Gasteiger partial charge in [0, 0.05) is 24.0 Å². The first-order valence-electron chi connectivity index (χ1n) is 7.99. The van der Waals surface area contributed by atoms with Crippen molar-refractivity contribution in [2.45, 2.75) is 26.2 Å². The number of hydrogen-bond acceptors (Lipinski definition) is 4. The number of aryl methyl sites for hydroxylation is 1. The summed E-state index contributed by atoms with van der Waals surface area (Å²) in [6.45, 7) is 3.48. The number of benzene rings is 1. The molecule has 0 radical (unpaired) electrons. The lowest BCUT2D eigenvalue weighted by Gasteiger charge is -2.30. The van der Waals surface area contributed by atoms with Crippen LogP contribution in [0.1, 0.15) is 24.8 Å². The Bertz CT molecular complexity index is 728. The molecule has 1 aromatic heterocycles. The number of aromatic nitrogens is 1. The van der Waals surface area contributed by atoms with E-state index in [-0.39, 0.29) is 24.2 Å². The van der Waals surface area contributed by atoms with Crippen molar-refractivity contribution in [2.75, 3.05) is 32.1 Å². The minimum atomic E-state index is 0. The van der Waals surface area contributed by atoms with Gasteiger partial charge in [0.1, 0.15) is 0 Å². The molecule has 2 aromatic rings. The van der Waals surface area contributed by atoms with Crippen molar-refractivity contribution in [2.24, 2.45) is 5.92 Å². The maximum Gasteiger partial charge on any atom is 0.231 e. The average molecular weight is 388 g/mol. The van der Waals surface area contributed by atoms with Crippen LogP contribution in [0.2, 0.25) is 5.02 Å². The summed E-state index contributed by atoms with van der Waals surface area (Å²) in [6, 6.07) is 3.89. The number of thiazole rings is 1. The number of nitrogens with zero attached hydrogens (tertiary/aromatic N) is 3. The van der Waals surface area contributed by atoms with Crippen molar-refractivity contribution in [1.29, 1.82) is 0 Å². The minimum Gasteiger partial charge on any atom is -0.308 e. The highest BCUT2D eigenvalue weighted by Crippen LogP contribution is 2.36. The quantitative estimate of drug-likeness (QED) is 0.763. The number of halogens is 2. The molecule has 132 valence electrons. The number of rotatable bonds is 5. The van der Waals surface area contributed by atoms with Crippen molar-refractivity contribution >= 4 is 56.6 Å². The summed E-state index contributed by atoms with van der Waals surface area (Å²) in [5, 5.41) is 1.52. The zero-order valence-corrected chi connectivity index (χ0v) is 16.6. The van der Waals surface area contributed by atoms with Crippen LogP contribution >= 0.6 is 35.3 Å². The molecule has 0 spiro atoms. The highest BCUT2D eigenvalue weighted by Gasteiger charge is 2.31. The number of carbonyl (C=O) groups is 1. The van der Waals surface area contributed by atoms with E-state index in [1.165, 1.54) is 0 Å². The van der Waals surface area contributed by atoms with Gasteiger partial charge in [0.2, 0.25) is 5.91 Å². The molecule has 0 unspecified atom stereocenters. The van der Waals surface area contributed by atoms with E-state index in [0.717, 1.165) is 51.7 Å². The molecule has 1 aliphatic carbocycles. The summed E-state index contributed by atoms with van der Waals surface area (Å²) in [5.74, 6) is 0.398. The molecule has 3 rings (SSSR count). The fraction of sp³-hybridized carbons (Fsp3) is 0.529. The van der Waals surface area contributed by atoms with E-state index < -0.39 is 0 Å². The third-order valence-corrected chi connectivity index (χ3v) is 5.91. The summed E-state index contributed by atoms with van der Waals surface area (Å²) in [7, 11) is 4.04. The predicted molar refractivity (Wildman–Crippen MR) is 105 cm³/mol. The Kier molecular flexibility index (Phi) is 6.48. The number of fused-ring (bicyclic) bond motifs is 1. The third-order valence-electron chi connectivity index (χ3n) is 4.46. The van der Waals surface area contributed by atoms with Gasteiger partial charge in [-0.1, -0.05) is 29.4 Å². The van der Waals surface area contributed by atoms with Crippen molar-refractivity contribution in [3.05, 3.63) is 22.7 Å². The van der Waals surface area contributed by atoms with Crippen LogP contribution in [-0.4, -0.2) is 43.0 Å². The summed E-state index contributed by atoms with van der Waals surface area (Å²) >= 11 is 7.78. The number of carbonyl (C=O) groups excluding carboxylic acids is 1. The van der Waals surface area contributed by atoms with Crippen LogP contribution in [-0.2, 0) is 4.79 Å². The standard InChI is InChI=1S/C17H22ClN3OS.ClH/c1-11-13(18)7-8-14-15(11)19-17(23-14)21(10-9-20(2)3)16(22)12-5-4-6-12;/h7-8,12H,4-6,9-10H2,1-3H3;1H. The molecule has 0 bridgehead atoms. The number of hydrogen-bond donors (Lipinski definition) is 0. The molecule has 0 N–H and O–H groups in total. The molecule has 0 aliphatic heterocycles. The van der Waals surface area contributed by atoms with Crippen molar-refractivity contribution in [3.63, 3.8) is 0 Å². The van der Waals surface area contributed by atoms with E-state index in [4.69, 9.17) is 16.6 Å². The summed E-state index contributed by atoms with van der Waals surface area (Å²) < 4.78 is 1.08. The number of likely N-dealkylation sites (N-methyl/N-ethyl adjacent to an activating group) is 1. The molecule has 0 saturated heterocycles. The maximum absolute atomic E-state index is 12.8. The first-order valence-corrected chi connectivity index (χ1v) is 9.18. The van der Waals surface area contributed by atoms with Gasteiger partial charge in [-0.25, -0.2) is 4.98 Å². The van der Waals surface area contributed by atoms with E-state index in [9.17, 15) is 4.79 Å². The lowest BCUT2D eigenvalue weighted by atomic mass is 9.84. The highest BCUT2D eigenvalue weighted by molar-refractivity contribution is 7.22. The second kappa shape index (κ2) is 8.00. The summed E-state index contributed by atoms with van der Waals surface area (Å²) in [6.07, 6.45) is 3.17. The molecule has 1 fully saturated rings. The lowest BCUT2D eigenvalue weighted by Crippen LogP contribution is -2.42. The molecule has 1 amide bonds. The Labute approximate surface area is 158 Å². The fourth-order valence-electron chi connectivity index (χ4n) is 2.68. The largest absolute Gasteiger partial charge is 0.308 e. The van der Waals surface area contributed by atoms with Crippen LogP contribution in [0.5, 0.6) is 0 Å². The molecule has 1 saturated carbocycles. The van der Waals surface area contributed by atoms with Crippen molar-refractivity contribution in [1.82, 2.24) is 9.88 Å².